The Morgan fingerprint density at radius 2 is 1.85 bits per heavy atom. The summed E-state index contributed by atoms with van der Waals surface area (Å²) in [7, 11) is -1.17. The highest BCUT2D eigenvalue weighted by Crippen LogP contribution is 2.67. The van der Waals surface area contributed by atoms with Gasteiger partial charge in [0.1, 0.15) is 5.01 Å². The Morgan fingerprint density at radius 3 is 2.56 bits per heavy atom. The summed E-state index contributed by atoms with van der Waals surface area (Å²) >= 11 is 1.76. The Balaban J connectivity index is 1.62. The minimum atomic E-state index is -1.17. The molecule has 4 heteroatoms. The Morgan fingerprint density at radius 1 is 1.07 bits per heavy atom. The number of para-hydroxylation sites is 1. The Bertz CT molecular complexity index is 997. The molecule has 0 spiro atoms. The number of benzene rings is 1. The second-order valence-electron chi connectivity index (χ2n) is 10.2. The molecule has 0 unspecified atom stereocenters. The van der Waals surface area contributed by atoms with Crippen LogP contribution in [0.5, 0.6) is 0 Å². The highest BCUT2D eigenvalue weighted by Gasteiger charge is 2.57. The summed E-state index contributed by atoms with van der Waals surface area (Å²) in [4.78, 5) is 10.1. The molecular formula is C23H28N2SSi. The standard InChI is InChI=1S/C23H28N2SSi/c1-23(2)16-12-17(23)15(13-27(3,4)5)21-14(16)10-11-19(24-21)22-25-18-8-6-7-9-20(18)26-22/h6-11,15-17H,12-13H2,1-5H3/t15-,16-,17+/m0/s1. The number of fused-ring (bicyclic) bond motifs is 1. The summed E-state index contributed by atoms with van der Waals surface area (Å²) in [6, 6.07) is 14.3. The second kappa shape index (κ2) is 5.74. The molecule has 2 heterocycles. The summed E-state index contributed by atoms with van der Waals surface area (Å²) in [6.45, 7) is 12.5. The van der Waals surface area contributed by atoms with Crippen molar-refractivity contribution in [2.45, 2.75) is 57.8 Å². The third-order valence-electron chi connectivity index (χ3n) is 6.86. The number of nitrogens with zero attached hydrogens (tertiary/aromatic N) is 2. The Hall–Kier alpha value is -1.52. The maximum atomic E-state index is 5.26. The van der Waals surface area contributed by atoms with Gasteiger partial charge in [-0.3, -0.25) is 0 Å². The van der Waals surface area contributed by atoms with Gasteiger partial charge < -0.3 is 0 Å². The normalized spacial score (nSPS) is 25.9. The van der Waals surface area contributed by atoms with Crippen LogP contribution in [0.15, 0.2) is 36.4 Å². The third-order valence-corrected chi connectivity index (χ3v) is 9.58. The van der Waals surface area contributed by atoms with Crippen LogP contribution in [-0.4, -0.2) is 18.0 Å². The van der Waals surface area contributed by atoms with Crippen LogP contribution in [0.4, 0.5) is 0 Å². The van der Waals surface area contributed by atoms with Crippen molar-refractivity contribution in [2.24, 2.45) is 11.3 Å². The molecule has 27 heavy (non-hydrogen) atoms. The van der Waals surface area contributed by atoms with Crippen molar-refractivity contribution in [3.8, 4) is 10.7 Å². The number of thiazole rings is 1. The fourth-order valence-corrected chi connectivity index (χ4v) is 8.17. The lowest BCUT2D eigenvalue weighted by Gasteiger charge is -2.60. The smallest absolute Gasteiger partial charge is 0.143 e. The highest BCUT2D eigenvalue weighted by atomic mass is 32.1. The van der Waals surface area contributed by atoms with Crippen LogP contribution in [0.25, 0.3) is 20.9 Å². The van der Waals surface area contributed by atoms with Crippen molar-refractivity contribution >= 4 is 29.6 Å². The van der Waals surface area contributed by atoms with E-state index in [1.165, 1.54) is 28.4 Å². The maximum Gasteiger partial charge on any atom is 0.143 e. The van der Waals surface area contributed by atoms with Gasteiger partial charge in [0.15, 0.2) is 0 Å². The molecule has 140 valence electrons. The van der Waals surface area contributed by atoms with Gasteiger partial charge >= 0.3 is 0 Å². The first-order chi connectivity index (χ1) is 12.7. The average molecular weight is 393 g/mol. The zero-order valence-corrected chi connectivity index (χ0v) is 18.7. The SMILES string of the molecule is CC1(C)[C@@H]2C[C@H]1c1ccc(-c3nc4ccccc4s3)nc1[C@H]2C[Si](C)(C)C. The van der Waals surface area contributed by atoms with Gasteiger partial charge in [-0.2, -0.15) is 0 Å². The van der Waals surface area contributed by atoms with Crippen LogP contribution >= 0.6 is 11.3 Å². The van der Waals surface area contributed by atoms with Gasteiger partial charge in [-0.1, -0.05) is 51.7 Å². The Kier molecular flexibility index (Phi) is 3.74. The molecule has 3 aromatic rings. The molecule has 0 saturated heterocycles. The summed E-state index contributed by atoms with van der Waals surface area (Å²) < 4.78 is 1.25. The molecule has 1 aromatic carbocycles. The van der Waals surface area contributed by atoms with Crippen LogP contribution < -0.4 is 0 Å². The molecule has 0 aliphatic heterocycles. The van der Waals surface area contributed by atoms with Crippen LogP contribution in [0, 0.1) is 11.3 Å². The number of hydrogen-bond acceptors (Lipinski definition) is 3. The molecule has 1 fully saturated rings. The first-order valence-electron chi connectivity index (χ1n) is 10.1. The predicted octanol–water partition coefficient (Wildman–Crippen LogP) is 6.92. The zero-order valence-electron chi connectivity index (χ0n) is 16.9. The first kappa shape index (κ1) is 17.6. The number of aromatic nitrogens is 2. The van der Waals surface area contributed by atoms with E-state index in [0.29, 0.717) is 17.3 Å². The van der Waals surface area contributed by atoms with E-state index in [1.807, 2.05) is 0 Å². The van der Waals surface area contributed by atoms with Crippen molar-refractivity contribution in [2.75, 3.05) is 0 Å². The molecule has 3 aliphatic rings. The summed E-state index contributed by atoms with van der Waals surface area (Å²) in [6.07, 6.45) is 1.36. The summed E-state index contributed by atoms with van der Waals surface area (Å²) in [5.74, 6) is 2.10. The fraction of sp³-hybridized carbons (Fsp3) is 0.478. The Labute approximate surface area is 167 Å². The topological polar surface area (TPSA) is 25.8 Å². The van der Waals surface area contributed by atoms with Gasteiger partial charge in [0, 0.05) is 19.7 Å². The van der Waals surface area contributed by atoms with Gasteiger partial charge in [-0.25, -0.2) is 9.97 Å². The number of hydrogen-bond donors (Lipinski definition) is 0. The van der Waals surface area contributed by atoms with Crippen LogP contribution in [0.3, 0.4) is 0 Å². The van der Waals surface area contributed by atoms with Gasteiger partial charge in [0.25, 0.3) is 0 Å². The lowest BCUT2D eigenvalue weighted by atomic mass is 9.45. The quantitative estimate of drug-likeness (QED) is 0.452. The first-order valence-corrected chi connectivity index (χ1v) is 14.6. The van der Waals surface area contributed by atoms with Crippen molar-refractivity contribution in [3.63, 3.8) is 0 Å². The minimum Gasteiger partial charge on any atom is -0.250 e. The molecule has 2 bridgehead atoms. The van der Waals surface area contributed by atoms with Crippen molar-refractivity contribution < 1.29 is 0 Å². The highest BCUT2D eigenvalue weighted by molar-refractivity contribution is 7.21. The monoisotopic (exact) mass is 392 g/mol. The molecule has 6 rings (SSSR count). The number of pyridine rings is 1. The van der Waals surface area contributed by atoms with Gasteiger partial charge in [-0.15, -0.1) is 11.3 Å². The lowest BCUT2D eigenvalue weighted by Crippen LogP contribution is -2.51. The average Bonchev–Trinajstić information content (AvgIpc) is 3.03. The summed E-state index contributed by atoms with van der Waals surface area (Å²) in [5, 5.41) is 1.06. The van der Waals surface area contributed by atoms with Crippen LogP contribution in [-0.2, 0) is 0 Å². The summed E-state index contributed by atoms with van der Waals surface area (Å²) in [5.41, 5.74) is 5.50. The molecule has 2 aromatic heterocycles. The van der Waals surface area contributed by atoms with E-state index in [0.717, 1.165) is 22.1 Å². The van der Waals surface area contributed by atoms with Gasteiger partial charge in [-0.05, 0) is 53.5 Å². The molecule has 1 saturated carbocycles. The largest absolute Gasteiger partial charge is 0.250 e. The molecule has 0 radical (unpaired) electrons. The van der Waals surface area contributed by atoms with Gasteiger partial charge in [0.05, 0.1) is 15.9 Å². The minimum absolute atomic E-state index is 0.427. The van der Waals surface area contributed by atoms with Gasteiger partial charge in [0.2, 0.25) is 0 Å². The second-order valence-corrected chi connectivity index (χ2v) is 16.8. The molecule has 3 aliphatic carbocycles. The van der Waals surface area contributed by atoms with E-state index in [1.54, 1.807) is 11.3 Å². The van der Waals surface area contributed by atoms with Crippen LogP contribution in [0.2, 0.25) is 25.7 Å². The fourth-order valence-electron chi connectivity index (χ4n) is 5.44. The molecule has 3 atom stereocenters. The molecule has 0 amide bonds. The van der Waals surface area contributed by atoms with Crippen molar-refractivity contribution in [1.29, 1.82) is 0 Å². The van der Waals surface area contributed by atoms with E-state index in [4.69, 9.17) is 9.97 Å². The van der Waals surface area contributed by atoms with Crippen LogP contribution in [0.1, 0.15) is 43.4 Å². The van der Waals surface area contributed by atoms with Crippen molar-refractivity contribution in [1.82, 2.24) is 9.97 Å². The lowest BCUT2D eigenvalue weighted by molar-refractivity contribution is -0.00300. The van der Waals surface area contributed by atoms with E-state index in [2.05, 4.69) is 69.9 Å². The number of rotatable bonds is 3. The molecule has 0 N–H and O–H groups in total. The molecule has 2 nitrogen and oxygen atoms in total. The molecular weight excluding hydrogens is 364 g/mol. The third kappa shape index (κ3) is 2.72. The van der Waals surface area contributed by atoms with Crippen molar-refractivity contribution in [3.05, 3.63) is 47.7 Å². The predicted molar refractivity (Wildman–Crippen MR) is 118 cm³/mol. The van der Waals surface area contributed by atoms with E-state index >= 15 is 0 Å². The van der Waals surface area contributed by atoms with E-state index < -0.39 is 8.07 Å². The zero-order chi connectivity index (χ0) is 19.0. The van der Waals surface area contributed by atoms with E-state index in [-0.39, 0.29) is 0 Å². The maximum absolute atomic E-state index is 5.26. The van der Waals surface area contributed by atoms with E-state index in [9.17, 15) is 0 Å².